The second-order valence-electron chi connectivity index (χ2n) is 3.90. The lowest BCUT2D eigenvalue weighted by Crippen LogP contribution is -2.10. The number of halogens is 4. The van der Waals surface area contributed by atoms with Crippen molar-refractivity contribution in [2.75, 3.05) is 6.61 Å². The fourth-order valence-corrected chi connectivity index (χ4v) is 1.65. The highest BCUT2D eigenvalue weighted by Crippen LogP contribution is 2.30. The van der Waals surface area contributed by atoms with Crippen LogP contribution in [-0.2, 0) is 4.79 Å². The summed E-state index contributed by atoms with van der Waals surface area (Å²) in [5.41, 5.74) is 0.395. The molecule has 0 aliphatic rings. The average Bonchev–Trinajstić information content (AvgIpc) is 2.32. The van der Waals surface area contributed by atoms with Crippen LogP contribution in [0.3, 0.4) is 0 Å². The van der Waals surface area contributed by atoms with Crippen molar-refractivity contribution in [1.82, 2.24) is 0 Å². The molecule has 1 N–H and O–H groups in total. The van der Waals surface area contributed by atoms with Crippen LogP contribution in [0.5, 0.6) is 5.75 Å². The van der Waals surface area contributed by atoms with E-state index < -0.39 is 18.6 Å². The Morgan fingerprint density at radius 3 is 2.70 bits per heavy atom. The first kappa shape index (κ1) is 16.4. The Bertz CT molecular complexity index is 498. The molecule has 1 rings (SSSR count). The standard InChI is InChI=1S/C13H12ClF3O3/c14-10-4-1-3-9(5-6-11(18)19)12(10)20-8-2-7-13(15,16)17/h1,3-6H,2,7-8H2,(H,18,19)/b6-5+. The summed E-state index contributed by atoms with van der Waals surface area (Å²) in [6.45, 7) is -0.156. The summed E-state index contributed by atoms with van der Waals surface area (Å²) in [7, 11) is 0. The summed E-state index contributed by atoms with van der Waals surface area (Å²) in [5, 5.41) is 8.77. The maximum absolute atomic E-state index is 12.0. The normalized spacial score (nSPS) is 11.8. The van der Waals surface area contributed by atoms with E-state index in [0.717, 1.165) is 6.08 Å². The van der Waals surface area contributed by atoms with Gasteiger partial charge in [0.25, 0.3) is 0 Å². The molecule has 0 bridgehead atoms. The summed E-state index contributed by atoms with van der Waals surface area (Å²) in [6.07, 6.45) is -3.20. The first-order valence-corrected chi connectivity index (χ1v) is 6.06. The Morgan fingerprint density at radius 1 is 1.40 bits per heavy atom. The Kier molecular flexibility index (Phi) is 5.88. The molecule has 0 spiro atoms. The monoisotopic (exact) mass is 308 g/mol. The Hall–Kier alpha value is -1.69. The second kappa shape index (κ2) is 7.19. The van der Waals surface area contributed by atoms with Crippen LogP contribution in [-0.4, -0.2) is 23.9 Å². The SMILES string of the molecule is O=C(O)/C=C/c1cccc(Cl)c1OCCCC(F)(F)F. The van der Waals surface area contributed by atoms with Crippen LogP contribution in [0.4, 0.5) is 13.2 Å². The molecular weight excluding hydrogens is 297 g/mol. The van der Waals surface area contributed by atoms with Crippen LogP contribution in [0.2, 0.25) is 5.02 Å². The van der Waals surface area contributed by atoms with Crippen molar-refractivity contribution in [3.05, 3.63) is 34.9 Å². The van der Waals surface area contributed by atoms with E-state index in [1.54, 1.807) is 12.1 Å². The minimum absolute atomic E-state index is 0.156. The zero-order valence-electron chi connectivity index (χ0n) is 10.3. The topological polar surface area (TPSA) is 46.5 Å². The van der Waals surface area contributed by atoms with Gasteiger partial charge in [-0.25, -0.2) is 4.79 Å². The predicted molar refractivity (Wildman–Crippen MR) is 68.9 cm³/mol. The van der Waals surface area contributed by atoms with Gasteiger partial charge in [-0.05, 0) is 18.6 Å². The number of carboxylic acid groups (broad SMARTS) is 1. The third-order valence-corrected chi connectivity index (χ3v) is 2.55. The van der Waals surface area contributed by atoms with Gasteiger partial charge in [0.05, 0.1) is 11.6 Å². The zero-order valence-corrected chi connectivity index (χ0v) is 11.0. The minimum Gasteiger partial charge on any atom is -0.491 e. The van der Waals surface area contributed by atoms with Crippen LogP contribution in [0.25, 0.3) is 6.08 Å². The molecule has 0 saturated heterocycles. The fraction of sp³-hybridized carbons (Fsp3) is 0.308. The van der Waals surface area contributed by atoms with Crippen LogP contribution < -0.4 is 4.74 Å². The average molecular weight is 309 g/mol. The first-order valence-electron chi connectivity index (χ1n) is 5.68. The van der Waals surface area contributed by atoms with Crippen molar-refractivity contribution in [3.8, 4) is 5.75 Å². The van der Waals surface area contributed by atoms with Gasteiger partial charge in [0.2, 0.25) is 0 Å². The third-order valence-electron chi connectivity index (χ3n) is 2.25. The smallest absolute Gasteiger partial charge is 0.389 e. The van der Waals surface area contributed by atoms with Crippen molar-refractivity contribution < 1.29 is 27.8 Å². The lowest BCUT2D eigenvalue weighted by atomic mass is 10.2. The van der Waals surface area contributed by atoms with Crippen LogP contribution in [0.15, 0.2) is 24.3 Å². The second-order valence-corrected chi connectivity index (χ2v) is 4.30. The number of hydrogen-bond acceptors (Lipinski definition) is 2. The number of alkyl halides is 3. The number of carbonyl (C=O) groups is 1. The summed E-state index contributed by atoms with van der Waals surface area (Å²) >= 11 is 5.89. The van der Waals surface area contributed by atoms with Crippen LogP contribution in [0.1, 0.15) is 18.4 Å². The van der Waals surface area contributed by atoms with Crippen molar-refractivity contribution in [2.24, 2.45) is 0 Å². The third kappa shape index (κ3) is 5.97. The molecule has 0 radical (unpaired) electrons. The van der Waals surface area contributed by atoms with Gasteiger partial charge >= 0.3 is 12.1 Å². The van der Waals surface area contributed by atoms with Crippen molar-refractivity contribution in [2.45, 2.75) is 19.0 Å². The quantitative estimate of drug-likeness (QED) is 0.634. The fourth-order valence-electron chi connectivity index (χ4n) is 1.42. The molecule has 0 amide bonds. The van der Waals surface area contributed by atoms with Gasteiger partial charge in [0.1, 0.15) is 5.75 Å². The molecule has 0 aromatic heterocycles. The van der Waals surface area contributed by atoms with Gasteiger partial charge in [-0.1, -0.05) is 23.7 Å². The molecule has 20 heavy (non-hydrogen) atoms. The van der Waals surface area contributed by atoms with Crippen LogP contribution >= 0.6 is 11.6 Å². The van der Waals surface area contributed by atoms with E-state index in [0.29, 0.717) is 5.56 Å². The zero-order chi connectivity index (χ0) is 15.2. The molecule has 3 nitrogen and oxygen atoms in total. The Labute approximate surface area is 118 Å². The molecule has 0 aliphatic heterocycles. The first-order chi connectivity index (χ1) is 9.29. The molecule has 0 fully saturated rings. The lowest BCUT2D eigenvalue weighted by molar-refractivity contribution is -0.136. The van der Waals surface area contributed by atoms with E-state index in [1.165, 1.54) is 12.1 Å². The minimum atomic E-state index is -4.23. The molecule has 0 saturated carbocycles. The highest BCUT2D eigenvalue weighted by molar-refractivity contribution is 6.32. The van der Waals surface area contributed by atoms with Gasteiger partial charge in [-0.3, -0.25) is 0 Å². The summed E-state index contributed by atoms with van der Waals surface area (Å²) < 4.78 is 41.2. The molecule has 110 valence electrons. The van der Waals surface area contributed by atoms with E-state index in [2.05, 4.69) is 0 Å². The summed E-state index contributed by atoms with van der Waals surface area (Å²) in [5.74, 6) is -0.971. The van der Waals surface area contributed by atoms with Crippen LogP contribution in [0, 0.1) is 0 Å². The van der Waals surface area contributed by atoms with Gasteiger partial charge in [0, 0.05) is 18.1 Å². The molecule has 0 aliphatic carbocycles. The molecular formula is C13H12ClF3O3. The maximum Gasteiger partial charge on any atom is 0.389 e. The van der Waals surface area contributed by atoms with Crippen molar-refractivity contribution in [3.63, 3.8) is 0 Å². The van der Waals surface area contributed by atoms with E-state index in [-0.39, 0.29) is 23.8 Å². The number of para-hydroxylation sites is 1. The Morgan fingerprint density at radius 2 is 2.10 bits per heavy atom. The molecule has 0 heterocycles. The van der Waals surface area contributed by atoms with Gasteiger partial charge < -0.3 is 9.84 Å². The number of carboxylic acids is 1. The largest absolute Gasteiger partial charge is 0.491 e. The lowest BCUT2D eigenvalue weighted by Gasteiger charge is -2.11. The van der Waals surface area contributed by atoms with Gasteiger partial charge in [-0.15, -0.1) is 0 Å². The maximum atomic E-state index is 12.0. The number of benzene rings is 1. The number of rotatable bonds is 6. The highest BCUT2D eigenvalue weighted by atomic mass is 35.5. The predicted octanol–water partition coefficient (Wildman–Crippen LogP) is 4.16. The number of aliphatic carboxylic acids is 1. The van der Waals surface area contributed by atoms with E-state index >= 15 is 0 Å². The van der Waals surface area contributed by atoms with Crippen molar-refractivity contribution >= 4 is 23.6 Å². The number of ether oxygens (including phenoxy) is 1. The Balaban J connectivity index is 2.71. The molecule has 1 aromatic carbocycles. The van der Waals surface area contributed by atoms with E-state index in [4.69, 9.17) is 21.4 Å². The summed E-state index contributed by atoms with van der Waals surface area (Å²) in [4.78, 5) is 10.5. The van der Waals surface area contributed by atoms with E-state index in [1.807, 2.05) is 0 Å². The molecule has 0 unspecified atom stereocenters. The van der Waals surface area contributed by atoms with Gasteiger partial charge in [0.15, 0.2) is 0 Å². The van der Waals surface area contributed by atoms with Crippen molar-refractivity contribution in [1.29, 1.82) is 0 Å². The van der Waals surface area contributed by atoms with Gasteiger partial charge in [-0.2, -0.15) is 13.2 Å². The number of hydrogen-bond donors (Lipinski definition) is 1. The molecule has 1 aromatic rings. The van der Waals surface area contributed by atoms with E-state index in [9.17, 15) is 18.0 Å². The molecule has 7 heteroatoms. The summed E-state index contributed by atoms with van der Waals surface area (Å²) in [6, 6.07) is 4.66. The molecule has 0 atom stereocenters. The highest BCUT2D eigenvalue weighted by Gasteiger charge is 2.26.